The van der Waals surface area contributed by atoms with Gasteiger partial charge in [0.2, 0.25) is 21.9 Å². The Morgan fingerprint density at radius 2 is 1.79 bits per heavy atom. The summed E-state index contributed by atoms with van der Waals surface area (Å²) < 4.78 is 31.4. The van der Waals surface area contributed by atoms with E-state index in [1.807, 2.05) is 11.0 Å². The third kappa shape index (κ3) is 8.41. The molecule has 2 saturated heterocycles. The zero-order chi connectivity index (χ0) is 34.6. The van der Waals surface area contributed by atoms with Crippen LogP contribution in [0.25, 0.3) is 0 Å². The standard InChI is InChI=1S/C33H46ClN9O4S/c1-22-18-27(38-33-36-20-25(34)31(39-33)37-26-8-6-7-9-28(26)40(3)48(5,45)46)30(47-4)19-29(22)42-12-10-24(11-13-42)21-41-14-16-43(17-15-41)32(44)23(2)35/h6-9,18-20,23-24H,10-17,21,35H2,1-5H3,(H2,36,37,38,39)/t23-/m0/s1. The van der Waals surface area contributed by atoms with Crippen molar-refractivity contribution in [3.63, 3.8) is 0 Å². The normalized spacial score (nSPS) is 16.8. The minimum Gasteiger partial charge on any atom is -0.494 e. The predicted molar refractivity (Wildman–Crippen MR) is 193 cm³/mol. The fourth-order valence-corrected chi connectivity index (χ4v) is 6.90. The maximum atomic E-state index is 12.2. The Hall–Kier alpha value is -3.85. The number of halogens is 1. The first-order valence-electron chi connectivity index (χ1n) is 16.1. The van der Waals surface area contributed by atoms with E-state index in [0.717, 1.165) is 76.2 Å². The van der Waals surface area contributed by atoms with Gasteiger partial charge in [0.25, 0.3) is 0 Å². The molecule has 13 nitrogen and oxygen atoms in total. The summed E-state index contributed by atoms with van der Waals surface area (Å²) in [5.41, 5.74) is 9.70. The van der Waals surface area contributed by atoms with E-state index in [9.17, 15) is 13.2 Å². The second-order valence-corrected chi connectivity index (χ2v) is 15.0. The number of piperidine rings is 1. The number of rotatable bonds is 11. The van der Waals surface area contributed by atoms with E-state index < -0.39 is 16.1 Å². The Morgan fingerprint density at radius 3 is 2.44 bits per heavy atom. The molecule has 2 fully saturated rings. The van der Waals surface area contributed by atoms with Crippen molar-refractivity contribution in [2.24, 2.45) is 11.7 Å². The Balaban J connectivity index is 1.23. The van der Waals surface area contributed by atoms with Crippen molar-refractivity contribution < 1.29 is 17.9 Å². The van der Waals surface area contributed by atoms with Crippen LogP contribution in [-0.4, -0.2) is 106 Å². The maximum Gasteiger partial charge on any atom is 0.239 e. The van der Waals surface area contributed by atoms with E-state index in [4.69, 9.17) is 22.1 Å². The van der Waals surface area contributed by atoms with Crippen LogP contribution in [0.3, 0.4) is 0 Å². The fraction of sp³-hybridized carbons (Fsp3) is 0.485. The first-order chi connectivity index (χ1) is 22.8. The largest absolute Gasteiger partial charge is 0.494 e. The summed E-state index contributed by atoms with van der Waals surface area (Å²) >= 11 is 6.46. The van der Waals surface area contributed by atoms with Gasteiger partial charge in [-0.1, -0.05) is 23.7 Å². The number of amides is 1. The number of aryl methyl sites for hydroxylation is 1. The predicted octanol–water partition coefficient (Wildman–Crippen LogP) is 4.04. The summed E-state index contributed by atoms with van der Waals surface area (Å²) in [7, 11) is -0.360. The molecule has 0 aliphatic carbocycles. The van der Waals surface area contributed by atoms with Crippen molar-refractivity contribution in [3.05, 3.63) is 53.2 Å². The van der Waals surface area contributed by atoms with Crippen LogP contribution < -0.4 is 30.3 Å². The minimum atomic E-state index is -3.49. The van der Waals surface area contributed by atoms with Crippen LogP contribution in [0.4, 0.5) is 34.5 Å². The number of piperazine rings is 1. The zero-order valence-corrected chi connectivity index (χ0v) is 29.8. The Bertz CT molecular complexity index is 1710. The van der Waals surface area contributed by atoms with Gasteiger partial charge in [0, 0.05) is 64.6 Å². The molecule has 5 rings (SSSR count). The van der Waals surface area contributed by atoms with Gasteiger partial charge >= 0.3 is 0 Å². The number of benzene rings is 2. The Morgan fingerprint density at radius 1 is 1.10 bits per heavy atom. The van der Waals surface area contributed by atoms with Crippen molar-refractivity contribution in [2.45, 2.75) is 32.7 Å². The Kier molecular flexibility index (Phi) is 11.2. The van der Waals surface area contributed by atoms with Crippen molar-refractivity contribution >= 4 is 62.0 Å². The second kappa shape index (κ2) is 15.1. The third-order valence-corrected chi connectivity index (χ3v) is 10.5. The van der Waals surface area contributed by atoms with E-state index in [2.05, 4.69) is 43.4 Å². The summed E-state index contributed by atoms with van der Waals surface area (Å²) in [4.78, 5) is 28.0. The molecule has 4 N–H and O–H groups in total. The highest BCUT2D eigenvalue weighted by atomic mass is 35.5. The Labute approximate surface area is 288 Å². The molecule has 2 aliphatic rings. The number of aromatic nitrogens is 2. The molecule has 48 heavy (non-hydrogen) atoms. The van der Waals surface area contributed by atoms with Gasteiger partial charge in [-0.15, -0.1) is 0 Å². The van der Waals surface area contributed by atoms with Crippen LogP contribution in [0.2, 0.25) is 5.02 Å². The van der Waals surface area contributed by atoms with E-state index in [-0.39, 0.29) is 10.9 Å². The van der Waals surface area contributed by atoms with Crippen LogP contribution in [0, 0.1) is 12.8 Å². The summed E-state index contributed by atoms with van der Waals surface area (Å²) in [6, 6.07) is 10.7. The van der Waals surface area contributed by atoms with Gasteiger partial charge < -0.3 is 30.9 Å². The molecule has 1 amide bonds. The number of nitrogens with one attached hydrogen (secondary N) is 2. The number of carbonyl (C=O) groups excluding carboxylic acids is 1. The summed E-state index contributed by atoms with van der Waals surface area (Å²) in [5, 5.41) is 6.71. The van der Waals surface area contributed by atoms with Crippen molar-refractivity contribution in [1.29, 1.82) is 0 Å². The number of nitrogens with two attached hydrogens (primary N) is 1. The summed E-state index contributed by atoms with van der Waals surface area (Å²) in [6.45, 7) is 10.1. The lowest BCUT2D eigenvalue weighted by atomic mass is 9.95. The lowest BCUT2D eigenvalue weighted by Crippen LogP contribution is -2.53. The molecule has 1 atom stereocenters. The van der Waals surface area contributed by atoms with Gasteiger partial charge in [-0.05, 0) is 56.4 Å². The number of ether oxygens (including phenoxy) is 1. The quantitative estimate of drug-likeness (QED) is 0.266. The molecule has 3 heterocycles. The molecular weight excluding hydrogens is 654 g/mol. The number of methoxy groups -OCH3 is 1. The van der Waals surface area contributed by atoms with E-state index >= 15 is 0 Å². The lowest BCUT2D eigenvalue weighted by molar-refractivity contribution is -0.134. The second-order valence-electron chi connectivity index (χ2n) is 12.6. The molecule has 0 saturated carbocycles. The minimum absolute atomic E-state index is 0.0378. The first kappa shape index (κ1) is 35.5. The molecule has 1 aromatic heterocycles. The van der Waals surface area contributed by atoms with Crippen LogP contribution >= 0.6 is 11.6 Å². The maximum absolute atomic E-state index is 12.2. The van der Waals surface area contributed by atoms with Gasteiger partial charge in [-0.25, -0.2) is 13.4 Å². The first-order valence-corrected chi connectivity index (χ1v) is 18.4. The van der Waals surface area contributed by atoms with Crippen molar-refractivity contribution in [3.8, 4) is 5.75 Å². The molecule has 0 unspecified atom stereocenters. The van der Waals surface area contributed by atoms with Gasteiger partial charge in [-0.2, -0.15) is 4.98 Å². The molecule has 2 aliphatic heterocycles. The zero-order valence-electron chi connectivity index (χ0n) is 28.2. The van der Waals surface area contributed by atoms with Crippen LogP contribution in [0.1, 0.15) is 25.3 Å². The van der Waals surface area contributed by atoms with E-state index in [0.29, 0.717) is 40.5 Å². The van der Waals surface area contributed by atoms with Gasteiger partial charge in [0.1, 0.15) is 10.8 Å². The van der Waals surface area contributed by atoms with E-state index in [1.165, 1.54) is 17.5 Å². The number of sulfonamides is 1. The van der Waals surface area contributed by atoms with E-state index in [1.54, 1.807) is 38.3 Å². The number of nitrogens with zero attached hydrogens (tertiary/aromatic N) is 6. The van der Waals surface area contributed by atoms with Gasteiger partial charge in [0.05, 0.1) is 42.7 Å². The highest BCUT2D eigenvalue weighted by Crippen LogP contribution is 2.37. The smallest absolute Gasteiger partial charge is 0.239 e. The molecule has 0 bridgehead atoms. The highest BCUT2D eigenvalue weighted by Gasteiger charge is 2.27. The van der Waals surface area contributed by atoms with Crippen molar-refractivity contribution in [2.75, 3.05) is 86.1 Å². The summed E-state index contributed by atoms with van der Waals surface area (Å²) in [5.74, 6) is 1.92. The molecule has 3 aromatic rings. The molecule has 260 valence electrons. The average Bonchev–Trinajstić information content (AvgIpc) is 3.06. The monoisotopic (exact) mass is 699 g/mol. The topological polar surface area (TPSA) is 149 Å². The van der Waals surface area contributed by atoms with Crippen LogP contribution in [-0.2, 0) is 14.8 Å². The number of para-hydroxylation sites is 2. The highest BCUT2D eigenvalue weighted by molar-refractivity contribution is 7.92. The van der Waals surface area contributed by atoms with Gasteiger partial charge in [0.15, 0.2) is 5.82 Å². The molecule has 0 spiro atoms. The molecule has 15 heteroatoms. The fourth-order valence-electron chi connectivity index (χ4n) is 6.24. The number of carbonyl (C=O) groups is 1. The number of hydrogen-bond donors (Lipinski definition) is 3. The summed E-state index contributed by atoms with van der Waals surface area (Å²) in [6.07, 6.45) is 4.82. The third-order valence-electron chi connectivity index (χ3n) is 9.05. The molecular formula is C33H46ClN9O4S. The molecule has 2 aromatic carbocycles. The SMILES string of the molecule is COc1cc(N2CCC(CN3CCN(C(=O)[C@H](C)N)CC3)CC2)c(C)cc1Nc1ncc(Cl)c(Nc2ccccc2N(C)S(C)(=O)=O)n1. The average molecular weight is 700 g/mol. The molecule has 0 radical (unpaired) electrons. The lowest BCUT2D eigenvalue weighted by Gasteiger charge is -2.40. The van der Waals surface area contributed by atoms with Gasteiger partial charge in [-0.3, -0.25) is 14.0 Å². The van der Waals surface area contributed by atoms with Crippen LogP contribution in [0.5, 0.6) is 5.75 Å². The number of anilines is 6. The van der Waals surface area contributed by atoms with Crippen molar-refractivity contribution in [1.82, 2.24) is 19.8 Å². The van der Waals surface area contributed by atoms with Crippen LogP contribution in [0.15, 0.2) is 42.6 Å². The number of hydrogen-bond acceptors (Lipinski definition) is 11.